The molecule has 4 heteroatoms. The van der Waals surface area contributed by atoms with Gasteiger partial charge in [0.05, 0.1) is 0 Å². The standard InChI is InChI=1S/C13H18N2OS/c1-3-4-9(2)8-17-13-15-11-7-10(14)5-6-12(11)16-13/h5-7,9H,3-4,8,14H2,1-2H3. The van der Waals surface area contributed by atoms with Crippen LogP contribution in [0.5, 0.6) is 0 Å². The third-order valence-corrected chi connectivity index (χ3v) is 3.82. The summed E-state index contributed by atoms with van der Waals surface area (Å²) < 4.78 is 5.65. The Morgan fingerprint density at radius 1 is 1.47 bits per heavy atom. The second-order valence-corrected chi connectivity index (χ2v) is 5.38. The van der Waals surface area contributed by atoms with Gasteiger partial charge >= 0.3 is 0 Å². The van der Waals surface area contributed by atoms with E-state index in [1.807, 2.05) is 18.2 Å². The summed E-state index contributed by atoms with van der Waals surface area (Å²) in [6.07, 6.45) is 2.48. The van der Waals surface area contributed by atoms with Crippen LogP contribution in [0, 0.1) is 5.92 Å². The van der Waals surface area contributed by atoms with Crippen molar-refractivity contribution in [3.8, 4) is 0 Å². The van der Waals surface area contributed by atoms with Crippen LogP contribution in [-0.2, 0) is 0 Å². The molecule has 0 amide bonds. The maximum Gasteiger partial charge on any atom is 0.256 e. The third kappa shape index (κ3) is 3.16. The highest BCUT2D eigenvalue weighted by Gasteiger charge is 2.08. The van der Waals surface area contributed by atoms with E-state index in [0.717, 1.165) is 27.8 Å². The SMILES string of the molecule is CCCC(C)CSc1nc2cc(N)ccc2o1. The largest absolute Gasteiger partial charge is 0.431 e. The van der Waals surface area contributed by atoms with E-state index in [2.05, 4.69) is 18.8 Å². The van der Waals surface area contributed by atoms with E-state index in [-0.39, 0.29) is 0 Å². The normalized spacial score (nSPS) is 13.1. The molecule has 1 heterocycles. The molecule has 2 rings (SSSR count). The Labute approximate surface area is 106 Å². The minimum absolute atomic E-state index is 0.699. The Balaban J connectivity index is 2.04. The second-order valence-electron chi connectivity index (χ2n) is 4.41. The number of hydrogen-bond donors (Lipinski definition) is 1. The first-order valence-corrected chi connectivity index (χ1v) is 6.96. The number of nitrogens with two attached hydrogens (primary N) is 1. The first kappa shape index (κ1) is 12.3. The Hall–Kier alpha value is -1.16. The van der Waals surface area contributed by atoms with Crippen molar-refractivity contribution in [1.29, 1.82) is 0 Å². The van der Waals surface area contributed by atoms with Crippen molar-refractivity contribution in [1.82, 2.24) is 4.98 Å². The summed E-state index contributed by atoms with van der Waals surface area (Å²) in [7, 11) is 0. The number of anilines is 1. The number of nitrogen functional groups attached to an aromatic ring is 1. The fourth-order valence-corrected chi connectivity index (χ4v) is 2.68. The molecule has 0 aliphatic carbocycles. The van der Waals surface area contributed by atoms with Crippen LogP contribution in [0.2, 0.25) is 0 Å². The van der Waals surface area contributed by atoms with Gasteiger partial charge in [-0.25, -0.2) is 4.98 Å². The number of benzene rings is 1. The molecule has 0 fully saturated rings. The molecule has 92 valence electrons. The summed E-state index contributed by atoms with van der Waals surface area (Å²) >= 11 is 1.68. The van der Waals surface area contributed by atoms with Gasteiger partial charge in [-0.1, -0.05) is 38.5 Å². The van der Waals surface area contributed by atoms with Crippen LogP contribution in [-0.4, -0.2) is 10.7 Å². The lowest BCUT2D eigenvalue weighted by molar-refractivity contribution is 0.487. The maximum absolute atomic E-state index is 5.71. The van der Waals surface area contributed by atoms with E-state index in [1.54, 1.807) is 11.8 Å². The van der Waals surface area contributed by atoms with E-state index >= 15 is 0 Å². The van der Waals surface area contributed by atoms with Gasteiger partial charge in [0.15, 0.2) is 5.58 Å². The lowest BCUT2D eigenvalue weighted by atomic mass is 10.1. The zero-order valence-electron chi connectivity index (χ0n) is 10.3. The number of nitrogens with zero attached hydrogens (tertiary/aromatic N) is 1. The van der Waals surface area contributed by atoms with Gasteiger partial charge in [0, 0.05) is 11.4 Å². The molecule has 1 aromatic heterocycles. The van der Waals surface area contributed by atoms with E-state index in [1.165, 1.54) is 12.8 Å². The Kier molecular flexibility index (Phi) is 3.94. The van der Waals surface area contributed by atoms with Crippen molar-refractivity contribution >= 4 is 28.5 Å². The number of hydrogen-bond acceptors (Lipinski definition) is 4. The van der Waals surface area contributed by atoms with E-state index in [4.69, 9.17) is 10.2 Å². The summed E-state index contributed by atoms with van der Waals surface area (Å²) in [6, 6.07) is 5.55. The summed E-state index contributed by atoms with van der Waals surface area (Å²) in [5.41, 5.74) is 8.08. The van der Waals surface area contributed by atoms with Crippen LogP contribution < -0.4 is 5.73 Å². The molecule has 1 atom stereocenters. The predicted molar refractivity (Wildman–Crippen MR) is 73.2 cm³/mol. The van der Waals surface area contributed by atoms with E-state index in [9.17, 15) is 0 Å². The minimum atomic E-state index is 0.699. The highest BCUT2D eigenvalue weighted by Crippen LogP contribution is 2.26. The molecule has 0 saturated heterocycles. The highest BCUT2D eigenvalue weighted by molar-refractivity contribution is 7.99. The van der Waals surface area contributed by atoms with Crippen molar-refractivity contribution < 1.29 is 4.42 Å². The molecular formula is C13H18N2OS. The number of aromatic nitrogens is 1. The quantitative estimate of drug-likeness (QED) is 0.645. The topological polar surface area (TPSA) is 52.0 Å². The molecule has 2 aromatic rings. The molecule has 0 radical (unpaired) electrons. The Morgan fingerprint density at radius 3 is 3.06 bits per heavy atom. The molecule has 0 saturated carbocycles. The van der Waals surface area contributed by atoms with Crippen LogP contribution in [0.3, 0.4) is 0 Å². The Bertz CT molecular complexity index is 495. The molecule has 0 bridgehead atoms. The van der Waals surface area contributed by atoms with Crippen LogP contribution in [0.25, 0.3) is 11.1 Å². The van der Waals surface area contributed by atoms with Gasteiger partial charge < -0.3 is 10.2 Å². The first-order valence-electron chi connectivity index (χ1n) is 5.98. The summed E-state index contributed by atoms with van der Waals surface area (Å²) in [5, 5.41) is 0.744. The average molecular weight is 250 g/mol. The number of thioether (sulfide) groups is 1. The molecule has 0 aliphatic rings. The molecular weight excluding hydrogens is 232 g/mol. The van der Waals surface area contributed by atoms with Crippen molar-refractivity contribution in [3.05, 3.63) is 18.2 Å². The molecule has 1 aromatic carbocycles. The number of fused-ring (bicyclic) bond motifs is 1. The summed E-state index contributed by atoms with van der Waals surface area (Å²) in [6.45, 7) is 4.47. The van der Waals surface area contributed by atoms with Crippen molar-refractivity contribution in [3.63, 3.8) is 0 Å². The fraction of sp³-hybridized carbons (Fsp3) is 0.462. The van der Waals surface area contributed by atoms with Gasteiger partial charge in [-0.3, -0.25) is 0 Å². The van der Waals surface area contributed by atoms with Crippen LogP contribution >= 0.6 is 11.8 Å². The van der Waals surface area contributed by atoms with E-state index < -0.39 is 0 Å². The summed E-state index contributed by atoms with van der Waals surface area (Å²) in [5.74, 6) is 1.75. The third-order valence-electron chi connectivity index (χ3n) is 2.66. The zero-order chi connectivity index (χ0) is 12.3. The van der Waals surface area contributed by atoms with Crippen molar-refractivity contribution in [2.24, 2.45) is 5.92 Å². The lowest BCUT2D eigenvalue weighted by Crippen LogP contribution is -1.96. The van der Waals surface area contributed by atoms with Crippen molar-refractivity contribution in [2.75, 3.05) is 11.5 Å². The van der Waals surface area contributed by atoms with Gasteiger partial charge in [0.1, 0.15) is 5.52 Å². The van der Waals surface area contributed by atoms with Gasteiger partial charge in [0.25, 0.3) is 5.22 Å². The molecule has 2 N–H and O–H groups in total. The highest BCUT2D eigenvalue weighted by atomic mass is 32.2. The zero-order valence-corrected chi connectivity index (χ0v) is 11.1. The van der Waals surface area contributed by atoms with Crippen LogP contribution in [0.15, 0.2) is 27.8 Å². The van der Waals surface area contributed by atoms with Crippen LogP contribution in [0.4, 0.5) is 5.69 Å². The fourth-order valence-electron chi connectivity index (χ4n) is 1.77. The minimum Gasteiger partial charge on any atom is -0.431 e. The molecule has 3 nitrogen and oxygen atoms in total. The second kappa shape index (κ2) is 5.45. The average Bonchev–Trinajstić information content (AvgIpc) is 2.68. The first-order chi connectivity index (χ1) is 8.19. The predicted octanol–water partition coefficient (Wildman–Crippen LogP) is 3.94. The monoisotopic (exact) mass is 250 g/mol. The number of oxazole rings is 1. The van der Waals surface area contributed by atoms with Gasteiger partial charge in [-0.05, 0) is 24.1 Å². The lowest BCUT2D eigenvalue weighted by Gasteiger charge is -2.06. The Morgan fingerprint density at radius 2 is 2.29 bits per heavy atom. The van der Waals surface area contributed by atoms with Crippen LogP contribution in [0.1, 0.15) is 26.7 Å². The van der Waals surface area contributed by atoms with Crippen molar-refractivity contribution in [2.45, 2.75) is 31.9 Å². The molecule has 17 heavy (non-hydrogen) atoms. The number of rotatable bonds is 5. The maximum atomic E-state index is 5.71. The summed E-state index contributed by atoms with van der Waals surface area (Å²) in [4.78, 5) is 4.42. The van der Waals surface area contributed by atoms with E-state index in [0.29, 0.717) is 5.92 Å². The van der Waals surface area contributed by atoms with Gasteiger partial charge in [-0.2, -0.15) is 0 Å². The molecule has 0 aliphatic heterocycles. The molecule has 1 unspecified atom stereocenters. The smallest absolute Gasteiger partial charge is 0.256 e. The van der Waals surface area contributed by atoms with Gasteiger partial charge in [-0.15, -0.1) is 0 Å². The van der Waals surface area contributed by atoms with Gasteiger partial charge in [0.2, 0.25) is 0 Å². The molecule has 0 spiro atoms.